The van der Waals surface area contributed by atoms with Crippen LogP contribution in [0, 0.1) is 0 Å². The van der Waals surface area contributed by atoms with Crippen molar-refractivity contribution in [2.24, 2.45) is 0 Å². The average molecular weight is 251 g/mol. The van der Waals surface area contributed by atoms with Crippen molar-refractivity contribution in [1.29, 1.82) is 0 Å². The van der Waals surface area contributed by atoms with E-state index in [0.717, 1.165) is 22.4 Å². The molecule has 0 saturated carbocycles. The highest BCUT2D eigenvalue weighted by Gasteiger charge is 2.04. The lowest BCUT2D eigenvalue weighted by atomic mass is 9.99. The summed E-state index contributed by atoms with van der Waals surface area (Å²) in [6.45, 7) is 2.01. The summed E-state index contributed by atoms with van der Waals surface area (Å²) in [5, 5.41) is 0. The van der Waals surface area contributed by atoms with Crippen molar-refractivity contribution in [1.82, 2.24) is 4.98 Å². The van der Waals surface area contributed by atoms with E-state index in [1.165, 1.54) is 0 Å². The molecule has 1 heterocycles. The van der Waals surface area contributed by atoms with Crippen LogP contribution in [0.2, 0.25) is 0 Å². The van der Waals surface area contributed by atoms with Crippen LogP contribution < -0.4 is 4.74 Å². The maximum Gasteiger partial charge on any atom is 0.118 e. The van der Waals surface area contributed by atoms with E-state index >= 15 is 0 Å². The van der Waals surface area contributed by atoms with Crippen LogP contribution in [0.15, 0.2) is 67.0 Å². The summed E-state index contributed by atoms with van der Waals surface area (Å²) >= 11 is 0. The molecule has 0 aliphatic carbocycles. The Labute approximate surface area is 114 Å². The number of methoxy groups -OCH3 is 1. The van der Waals surface area contributed by atoms with Crippen molar-refractivity contribution in [3.8, 4) is 5.75 Å². The molecule has 0 N–H and O–H groups in total. The van der Waals surface area contributed by atoms with Gasteiger partial charge in [0.15, 0.2) is 0 Å². The molecule has 0 radical (unpaired) electrons. The fraction of sp³-hybridized carbons (Fsp3) is 0.118. The number of pyridine rings is 1. The van der Waals surface area contributed by atoms with E-state index in [1.807, 2.05) is 43.5 Å². The number of hydrogen-bond donors (Lipinski definition) is 0. The Balaban J connectivity index is 2.43. The summed E-state index contributed by atoms with van der Waals surface area (Å²) in [6, 6.07) is 12.1. The zero-order valence-electron chi connectivity index (χ0n) is 11.2. The third-order valence-electron chi connectivity index (χ3n) is 2.83. The molecule has 0 saturated heterocycles. The summed E-state index contributed by atoms with van der Waals surface area (Å²) < 4.78 is 5.19. The molecule has 1 aromatic carbocycles. The van der Waals surface area contributed by atoms with E-state index in [2.05, 4.69) is 29.3 Å². The molecular formula is C17H17NO. The highest BCUT2D eigenvalue weighted by Crippen LogP contribution is 2.24. The third-order valence-corrected chi connectivity index (χ3v) is 2.83. The topological polar surface area (TPSA) is 22.1 Å². The molecule has 2 rings (SSSR count). The van der Waals surface area contributed by atoms with Crippen molar-refractivity contribution in [2.45, 2.75) is 6.92 Å². The minimum Gasteiger partial charge on any atom is -0.497 e. The van der Waals surface area contributed by atoms with Crippen LogP contribution in [0.25, 0.3) is 5.57 Å². The normalized spacial score (nSPS) is 11.8. The first-order chi connectivity index (χ1) is 9.35. The van der Waals surface area contributed by atoms with Crippen molar-refractivity contribution in [3.05, 3.63) is 78.1 Å². The smallest absolute Gasteiger partial charge is 0.118 e. The van der Waals surface area contributed by atoms with Crippen LogP contribution in [0.3, 0.4) is 0 Å². The van der Waals surface area contributed by atoms with Gasteiger partial charge in [0.05, 0.1) is 7.11 Å². The van der Waals surface area contributed by atoms with Crippen molar-refractivity contribution in [3.63, 3.8) is 0 Å². The second-order valence-electron chi connectivity index (χ2n) is 4.08. The quantitative estimate of drug-likeness (QED) is 0.763. The maximum absolute atomic E-state index is 5.19. The number of nitrogens with zero attached hydrogens (tertiary/aromatic N) is 1. The lowest BCUT2D eigenvalue weighted by Gasteiger charge is -2.08. The number of hydrogen-bond acceptors (Lipinski definition) is 2. The van der Waals surface area contributed by atoms with Gasteiger partial charge in [0.1, 0.15) is 5.75 Å². The first-order valence-electron chi connectivity index (χ1n) is 6.23. The van der Waals surface area contributed by atoms with Gasteiger partial charge in [0, 0.05) is 18.0 Å². The number of allylic oxidation sites excluding steroid dienone is 3. The Hall–Kier alpha value is -2.35. The Bertz CT molecular complexity index is 568. The van der Waals surface area contributed by atoms with Crippen LogP contribution in [0.1, 0.15) is 18.1 Å². The highest BCUT2D eigenvalue weighted by atomic mass is 16.5. The van der Waals surface area contributed by atoms with Crippen molar-refractivity contribution in [2.75, 3.05) is 7.11 Å². The molecule has 2 nitrogen and oxygen atoms in total. The molecular weight excluding hydrogens is 234 g/mol. The molecule has 1 aromatic heterocycles. The van der Waals surface area contributed by atoms with Crippen LogP contribution in [0.4, 0.5) is 0 Å². The van der Waals surface area contributed by atoms with Crippen molar-refractivity contribution >= 4 is 5.57 Å². The molecule has 0 atom stereocenters. The zero-order chi connectivity index (χ0) is 13.5. The van der Waals surface area contributed by atoms with Crippen LogP contribution in [-0.4, -0.2) is 12.1 Å². The van der Waals surface area contributed by atoms with Gasteiger partial charge in [-0.2, -0.15) is 0 Å². The summed E-state index contributed by atoms with van der Waals surface area (Å²) in [7, 11) is 1.67. The van der Waals surface area contributed by atoms with Gasteiger partial charge in [-0.15, -0.1) is 0 Å². The number of rotatable bonds is 4. The van der Waals surface area contributed by atoms with Crippen LogP contribution in [0.5, 0.6) is 5.75 Å². The molecule has 2 aromatic rings. The SMILES string of the molecule is C/C=C/C=C(\c1ccc(OC)cc1)c1cccnc1. The number of ether oxygens (including phenoxy) is 1. The van der Waals surface area contributed by atoms with E-state index in [9.17, 15) is 0 Å². The average Bonchev–Trinajstić information content (AvgIpc) is 2.49. The fourth-order valence-electron chi connectivity index (χ4n) is 1.84. The van der Waals surface area contributed by atoms with Gasteiger partial charge >= 0.3 is 0 Å². The predicted octanol–water partition coefficient (Wildman–Crippen LogP) is 4.10. The van der Waals surface area contributed by atoms with E-state index in [-0.39, 0.29) is 0 Å². The predicted molar refractivity (Wildman–Crippen MR) is 79.1 cm³/mol. The van der Waals surface area contributed by atoms with Gasteiger partial charge in [-0.05, 0) is 36.3 Å². The first kappa shape index (κ1) is 13.1. The number of aromatic nitrogens is 1. The van der Waals surface area contributed by atoms with Crippen LogP contribution >= 0.6 is 0 Å². The summed E-state index contributed by atoms with van der Waals surface area (Å²) in [5.41, 5.74) is 3.39. The van der Waals surface area contributed by atoms with E-state index in [0.29, 0.717) is 0 Å². The van der Waals surface area contributed by atoms with E-state index in [4.69, 9.17) is 4.74 Å². The second kappa shape index (κ2) is 6.55. The number of benzene rings is 1. The minimum absolute atomic E-state index is 0.861. The summed E-state index contributed by atoms with van der Waals surface area (Å²) in [6.07, 6.45) is 9.80. The molecule has 0 aliphatic rings. The molecule has 0 aliphatic heterocycles. The molecule has 0 unspecified atom stereocenters. The molecule has 0 fully saturated rings. The lowest BCUT2D eigenvalue weighted by Crippen LogP contribution is -1.89. The summed E-state index contributed by atoms with van der Waals surface area (Å²) in [4.78, 5) is 4.18. The molecule has 0 bridgehead atoms. The van der Waals surface area contributed by atoms with Crippen LogP contribution in [-0.2, 0) is 0 Å². The molecule has 2 heteroatoms. The fourth-order valence-corrected chi connectivity index (χ4v) is 1.84. The Morgan fingerprint density at radius 3 is 2.47 bits per heavy atom. The Morgan fingerprint density at radius 1 is 1.11 bits per heavy atom. The first-order valence-corrected chi connectivity index (χ1v) is 6.23. The van der Waals surface area contributed by atoms with Gasteiger partial charge in [-0.3, -0.25) is 4.98 Å². The van der Waals surface area contributed by atoms with Gasteiger partial charge < -0.3 is 4.74 Å². The Morgan fingerprint density at radius 2 is 1.89 bits per heavy atom. The highest BCUT2D eigenvalue weighted by molar-refractivity contribution is 5.80. The van der Waals surface area contributed by atoms with E-state index < -0.39 is 0 Å². The largest absolute Gasteiger partial charge is 0.497 e. The maximum atomic E-state index is 5.19. The standard InChI is InChI=1S/C17H17NO/c1-3-4-7-17(15-6-5-12-18-13-15)14-8-10-16(19-2)11-9-14/h3-13H,1-2H3/b4-3+,17-7+. The van der Waals surface area contributed by atoms with Gasteiger partial charge in [0.25, 0.3) is 0 Å². The van der Waals surface area contributed by atoms with E-state index in [1.54, 1.807) is 13.3 Å². The van der Waals surface area contributed by atoms with Crippen molar-refractivity contribution < 1.29 is 4.74 Å². The van der Waals surface area contributed by atoms with Gasteiger partial charge in [-0.25, -0.2) is 0 Å². The third kappa shape index (κ3) is 3.32. The molecule has 96 valence electrons. The lowest BCUT2D eigenvalue weighted by molar-refractivity contribution is 0.415. The molecule has 0 amide bonds. The second-order valence-corrected chi connectivity index (χ2v) is 4.08. The summed E-state index contributed by atoms with van der Waals surface area (Å²) in [5.74, 6) is 0.861. The monoisotopic (exact) mass is 251 g/mol. The minimum atomic E-state index is 0.861. The van der Waals surface area contributed by atoms with Gasteiger partial charge in [-0.1, -0.05) is 36.4 Å². The Kier molecular flexibility index (Phi) is 4.51. The van der Waals surface area contributed by atoms with Gasteiger partial charge in [0.2, 0.25) is 0 Å². The zero-order valence-corrected chi connectivity index (χ0v) is 11.2. The molecule has 0 spiro atoms. The molecule has 19 heavy (non-hydrogen) atoms.